The molecule has 0 aliphatic heterocycles. The highest BCUT2D eigenvalue weighted by Gasteiger charge is 1.96. The van der Waals surface area contributed by atoms with E-state index >= 15 is 0 Å². The molecule has 0 saturated heterocycles. The molecule has 0 bridgehead atoms. The SMILES string of the molecule is CC#CC(=O)COCCCNCCOCCN. The Balaban J connectivity index is 3.07. The third kappa shape index (κ3) is 13.0. The zero-order valence-corrected chi connectivity index (χ0v) is 10.5. The van der Waals surface area contributed by atoms with E-state index < -0.39 is 0 Å². The Morgan fingerprint density at radius 3 is 2.76 bits per heavy atom. The Labute approximate surface area is 103 Å². The molecule has 0 fully saturated rings. The van der Waals surface area contributed by atoms with Gasteiger partial charge in [0, 0.05) is 19.7 Å². The van der Waals surface area contributed by atoms with E-state index in [0.717, 1.165) is 19.5 Å². The molecule has 0 saturated carbocycles. The van der Waals surface area contributed by atoms with E-state index in [2.05, 4.69) is 17.2 Å². The Bertz CT molecular complexity index is 246. The van der Waals surface area contributed by atoms with Crippen molar-refractivity contribution >= 4 is 5.78 Å². The molecule has 17 heavy (non-hydrogen) atoms. The molecule has 3 N–H and O–H groups in total. The van der Waals surface area contributed by atoms with Crippen molar-refractivity contribution in [2.75, 3.05) is 46.1 Å². The summed E-state index contributed by atoms with van der Waals surface area (Å²) in [6, 6.07) is 0. The number of carbonyl (C=O) groups excluding carboxylic acids is 1. The highest BCUT2D eigenvalue weighted by molar-refractivity contribution is 5.96. The first-order valence-electron chi connectivity index (χ1n) is 5.83. The van der Waals surface area contributed by atoms with Gasteiger partial charge < -0.3 is 20.5 Å². The standard InChI is InChI=1S/C12H22N2O3/c1-2-4-12(15)11-17-8-3-6-14-7-10-16-9-5-13/h14H,3,5-11,13H2,1H3. The summed E-state index contributed by atoms with van der Waals surface area (Å²) in [4.78, 5) is 10.9. The third-order valence-electron chi connectivity index (χ3n) is 1.83. The van der Waals surface area contributed by atoms with Crippen LogP contribution in [0.25, 0.3) is 0 Å². The van der Waals surface area contributed by atoms with Crippen LogP contribution < -0.4 is 11.1 Å². The van der Waals surface area contributed by atoms with Gasteiger partial charge in [0.15, 0.2) is 0 Å². The largest absolute Gasteiger partial charge is 0.379 e. The van der Waals surface area contributed by atoms with E-state index in [1.807, 2.05) is 0 Å². The molecule has 5 heteroatoms. The van der Waals surface area contributed by atoms with Crippen molar-refractivity contribution in [2.45, 2.75) is 13.3 Å². The Kier molecular flexibility index (Phi) is 12.4. The number of ketones is 1. The van der Waals surface area contributed by atoms with Crippen molar-refractivity contribution < 1.29 is 14.3 Å². The van der Waals surface area contributed by atoms with Crippen molar-refractivity contribution in [1.29, 1.82) is 0 Å². The predicted octanol–water partition coefficient (Wildman–Crippen LogP) is -0.450. The number of nitrogens with one attached hydrogen (secondary N) is 1. The monoisotopic (exact) mass is 242 g/mol. The Morgan fingerprint density at radius 1 is 1.24 bits per heavy atom. The highest BCUT2D eigenvalue weighted by Crippen LogP contribution is 1.82. The number of carbonyl (C=O) groups is 1. The Hall–Kier alpha value is -0.930. The molecule has 0 atom stereocenters. The van der Waals surface area contributed by atoms with Gasteiger partial charge in [0.1, 0.15) is 6.61 Å². The summed E-state index contributed by atoms with van der Waals surface area (Å²) in [7, 11) is 0. The summed E-state index contributed by atoms with van der Waals surface area (Å²) in [6.07, 6.45) is 0.865. The topological polar surface area (TPSA) is 73.6 Å². The van der Waals surface area contributed by atoms with Crippen molar-refractivity contribution in [3.8, 4) is 11.8 Å². The average molecular weight is 242 g/mol. The van der Waals surface area contributed by atoms with Crippen LogP contribution in [0.2, 0.25) is 0 Å². The fourth-order valence-corrected chi connectivity index (χ4v) is 1.09. The maximum atomic E-state index is 10.9. The number of rotatable bonds is 11. The number of ether oxygens (including phenoxy) is 2. The molecular formula is C12H22N2O3. The van der Waals surface area contributed by atoms with Crippen molar-refractivity contribution in [3.05, 3.63) is 0 Å². The fourth-order valence-electron chi connectivity index (χ4n) is 1.09. The van der Waals surface area contributed by atoms with Crippen LogP contribution in [0, 0.1) is 11.8 Å². The summed E-state index contributed by atoms with van der Waals surface area (Å²) in [5, 5.41) is 3.20. The molecule has 0 aliphatic rings. The summed E-state index contributed by atoms with van der Waals surface area (Å²) in [6.45, 7) is 5.76. The molecule has 0 spiro atoms. The van der Waals surface area contributed by atoms with Gasteiger partial charge in [-0.05, 0) is 25.8 Å². The molecule has 0 amide bonds. The van der Waals surface area contributed by atoms with E-state index in [0.29, 0.717) is 26.4 Å². The van der Waals surface area contributed by atoms with Crippen LogP contribution in [0.15, 0.2) is 0 Å². The lowest BCUT2D eigenvalue weighted by molar-refractivity contribution is -0.118. The zero-order chi connectivity index (χ0) is 12.8. The van der Waals surface area contributed by atoms with Crippen LogP contribution in [0.5, 0.6) is 0 Å². The summed E-state index contributed by atoms with van der Waals surface area (Å²) >= 11 is 0. The lowest BCUT2D eigenvalue weighted by Crippen LogP contribution is -2.23. The smallest absolute Gasteiger partial charge is 0.231 e. The predicted molar refractivity (Wildman–Crippen MR) is 66.6 cm³/mol. The van der Waals surface area contributed by atoms with E-state index in [1.165, 1.54) is 0 Å². The zero-order valence-electron chi connectivity index (χ0n) is 10.5. The molecule has 0 aliphatic carbocycles. The second kappa shape index (κ2) is 13.1. The molecule has 0 aromatic rings. The van der Waals surface area contributed by atoms with Gasteiger partial charge >= 0.3 is 0 Å². The molecule has 0 heterocycles. The van der Waals surface area contributed by atoms with Gasteiger partial charge in [-0.25, -0.2) is 0 Å². The number of hydrogen-bond acceptors (Lipinski definition) is 5. The van der Waals surface area contributed by atoms with Crippen molar-refractivity contribution in [3.63, 3.8) is 0 Å². The van der Waals surface area contributed by atoms with Gasteiger partial charge in [-0.3, -0.25) is 4.79 Å². The quantitative estimate of drug-likeness (QED) is 0.292. The van der Waals surface area contributed by atoms with E-state index in [4.69, 9.17) is 15.2 Å². The molecule has 98 valence electrons. The van der Waals surface area contributed by atoms with Crippen molar-refractivity contribution in [2.24, 2.45) is 5.73 Å². The van der Waals surface area contributed by atoms with E-state index in [1.54, 1.807) is 6.92 Å². The fraction of sp³-hybridized carbons (Fsp3) is 0.750. The lowest BCUT2D eigenvalue weighted by Gasteiger charge is -2.05. The maximum absolute atomic E-state index is 10.9. The first kappa shape index (κ1) is 16.1. The minimum atomic E-state index is -0.171. The van der Waals surface area contributed by atoms with Crippen LogP contribution >= 0.6 is 0 Å². The molecule has 0 aromatic carbocycles. The van der Waals surface area contributed by atoms with Crippen LogP contribution in [0.4, 0.5) is 0 Å². The summed E-state index contributed by atoms with van der Waals surface area (Å²) < 4.78 is 10.3. The van der Waals surface area contributed by atoms with Gasteiger partial charge in [-0.15, -0.1) is 0 Å². The second-order valence-electron chi connectivity index (χ2n) is 3.36. The van der Waals surface area contributed by atoms with Crippen LogP contribution in [0.3, 0.4) is 0 Å². The molecule has 5 nitrogen and oxygen atoms in total. The molecule has 0 aromatic heterocycles. The Morgan fingerprint density at radius 2 is 2.06 bits per heavy atom. The minimum absolute atomic E-state index is 0.0838. The second-order valence-corrected chi connectivity index (χ2v) is 3.36. The first-order chi connectivity index (χ1) is 8.31. The van der Waals surface area contributed by atoms with Crippen molar-refractivity contribution in [1.82, 2.24) is 5.32 Å². The number of hydrogen-bond donors (Lipinski definition) is 2. The molecule has 0 unspecified atom stereocenters. The normalized spacial score (nSPS) is 9.76. The van der Waals surface area contributed by atoms with Gasteiger partial charge in [0.25, 0.3) is 0 Å². The van der Waals surface area contributed by atoms with E-state index in [9.17, 15) is 4.79 Å². The van der Waals surface area contributed by atoms with E-state index in [-0.39, 0.29) is 12.4 Å². The molecule has 0 rings (SSSR count). The van der Waals surface area contributed by atoms with Gasteiger partial charge in [-0.2, -0.15) is 0 Å². The molecule has 0 radical (unpaired) electrons. The van der Waals surface area contributed by atoms with Crippen LogP contribution in [-0.2, 0) is 14.3 Å². The first-order valence-corrected chi connectivity index (χ1v) is 5.83. The van der Waals surface area contributed by atoms with Crippen LogP contribution in [-0.4, -0.2) is 51.8 Å². The maximum Gasteiger partial charge on any atom is 0.231 e. The third-order valence-corrected chi connectivity index (χ3v) is 1.83. The number of nitrogens with two attached hydrogens (primary N) is 1. The average Bonchev–Trinajstić information content (AvgIpc) is 2.32. The van der Waals surface area contributed by atoms with Gasteiger partial charge in [-0.1, -0.05) is 5.92 Å². The van der Waals surface area contributed by atoms with Gasteiger partial charge in [0.2, 0.25) is 5.78 Å². The van der Waals surface area contributed by atoms with Crippen LogP contribution in [0.1, 0.15) is 13.3 Å². The van der Waals surface area contributed by atoms with Gasteiger partial charge in [0.05, 0.1) is 13.2 Å². The lowest BCUT2D eigenvalue weighted by atomic mass is 10.4. The minimum Gasteiger partial charge on any atom is -0.379 e. The summed E-state index contributed by atoms with van der Waals surface area (Å²) in [5.74, 6) is 4.79. The molecular weight excluding hydrogens is 220 g/mol. The number of Topliss-reactive ketones (excluding diaryl/α,β-unsaturated/α-hetero) is 1. The highest BCUT2D eigenvalue weighted by atomic mass is 16.5. The summed E-state index contributed by atoms with van der Waals surface area (Å²) in [5.41, 5.74) is 5.27.